The third-order valence-electron chi connectivity index (χ3n) is 1.03. The van der Waals surface area contributed by atoms with Gasteiger partial charge in [-0.2, -0.15) is 0 Å². The van der Waals surface area contributed by atoms with Gasteiger partial charge in [0.2, 0.25) is 0 Å². The van der Waals surface area contributed by atoms with Gasteiger partial charge in [0.15, 0.2) is 5.76 Å². The lowest BCUT2D eigenvalue weighted by Crippen LogP contribution is -2.16. The zero-order valence-electron chi connectivity index (χ0n) is 5.77. The van der Waals surface area contributed by atoms with E-state index in [0.717, 1.165) is 6.08 Å². The first-order valence-electron chi connectivity index (χ1n) is 2.92. The Morgan fingerprint density at radius 3 is 2.67 bits per heavy atom. The fourth-order valence-corrected chi connectivity index (χ4v) is 0.579. The second kappa shape index (κ2) is 3.04. The van der Waals surface area contributed by atoms with Crippen molar-refractivity contribution in [1.29, 1.82) is 0 Å². The van der Waals surface area contributed by atoms with Crippen molar-refractivity contribution in [2.45, 2.75) is 0 Å². The maximum atomic E-state index is 10.4. The number of carboxylic acid groups (broad SMARTS) is 1. The van der Waals surface area contributed by atoms with Gasteiger partial charge >= 0.3 is 17.9 Å². The molecule has 1 aliphatic rings. The molecule has 0 radical (unpaired) electrons. The Hall–Kier alpha value is -1.85. The Kier molecular flexibility index (Phi) is 2.09. The lowest BCUT2D eigenvalue weighted by molar-refractivity contribution is -0.161. The molecule has 1 N–H and O–H groups in total. The van der Waals surface area contributed by atoms with Gasteiger partial charge in [-0.05, 0) is 0 Å². The van der Waals surface area contributed by atoms with Crippen molar-refractivity contribution < 1.29 is 29.0 Å². The van der Waals surface area contributed by atoms with E-state index in [9.17, 15) is 14.4 Å². The molecule has 0 aromatic heterocycles. The molecular weight excluding hydrogens is 168 g/mol. The normalized spacial score (nSPS) is 15.0. The Morgan fingerprint density at radius 2 is 2.25 bits per heavy atom. The number of hydrogen-bond acceptors (Lipinski definition) is 5. The second-order valence-electron chi connectivity index (χ2n) is 1.91. The first-order valence-corrected chi connectivity index (χ1v) is 2.92. The van der Waals surface area contributed by atoms with Crippen LogP contribution < -0.4 is 0 Å². The summed E-state index contributed by atoms with van der Waals surface area (Å²) in [5, 5.41) is 8.08. The number of esters is 2. The topological polar surface area (TPSA) is 89.9 Å². The minimum atomic E-state index is -1.71. The maximum absolute atomic E-state index is 10.4. The molecule has 0 aliphatic carbocycles. The molecule has 1 aliphatic heterocycles. The number of carbonyl (C=O) groups is 3. The van der Waals surface area contributed by atoms with E-state index in [2.05, 4.69) is 9.47 Å². The van der Waals surface area contributed by atoms with Crippen LogP contribution in [0, 0.1) is 0 Å². The Bertz CT molecular complexity index is 276. The third-order valence-corrected chi connectivity index (χ3v) is 1.03. The van der Waals surface area contributed by atoms with Gasteiger partial charge in [-0.15, -0.1) is 0 Å². The summed E-state index contributed by atoms with van der Waals surface area (Å²) in [4.78, 5) is 30.7. The van der Waals surface area contributed by atoms with Crippen molar-refractivity contribution in [3.8, 4) is 0 Å². The highest BCUT2D eigenvalue weighted by molar-refractivity contribution is 6.29. The van der Waals surface area contributed by atoms with Crippen molar-refractivity contribution >= 4 is 17.9 Å². The molecule has 6 heteroatoms. The number of rotatable bonds is 1. The summed E-state index contributed by atoms with van der Waals surface area (Å²) in [6.07, 6.45) is 0.917. The second-order valence-corrected chi connectivity index (χ2v) is 1.91. The smallest absolute Gasteiger partial charge is 0.422 e. The van der Waals surface area contributed by atoms with Crippen molar-refractivity contribution in [3.05, 3.63) is 11.8 Å². The Balaban J connectivity index is 2.53. The van der Waals surface area contributed by atoms with Crippen molar-refractivity contribution in [2.75, 3.05) is 6.61 Å². The molecule has 1 heterocycles. The fourth-order valence-electron chi connectivity index (χ4n) is 0.579. The van der Waals surface area contributed by atoms with Crippen molar-refractivity contribution in [2.24, 2.45) is 0 Å². The minimum absolute atomic E-state index is 0.0904. The van der Waals surface area contributed by atoms with Crippen LogP contribution >= 0.6 is 0 Å². The van der Waals surface area contributed by atoms with Crippen LogP contribution in [0.1, 0.15) is 0 Å². The van der Waals surface area contributed by atoms with Gasteiger partial charge in [-0.1, -0.05) is 0 Å². The molecular formula is C6H4O6. The predicted octanol–water partition coefficient (Wildman–Crippen LogP) is -0.945. The molecule has 12 heavy (non-hydrogen) atoms. The van der Waals surface area contributed by atoms with Crippen LogP contribution in [0.5, 0.6) is 0 Å². The summed E-state index contributed by atoms with van der Waals surface area (Å²) in [6.45, 7) is -0.197. The first-order chi connectivity index (χ1) is 5.59. The molecule has 0 spiro atoms. The molecule has 0 bridgehead atoms. The van der Waals surface area contributed by atoms with E-state index in [1.54, 1.807) is 0 Å². The number of aliphatic carboxylic acids is 1. The molecule has 0 aromatic rings. The highest BCUT2D eigenvalue weighted by Crippen LogP contribution is 2.07. The molecule has 64 valence electrons. The number of ether oxygens (including phenoxy) is 2. The zero-order chi connectivity index (χ0) is 9.14. The van der Waals surface area contributed by atoms with Crippen LogP contribution in [0.25, 0.3) is 0 Å². The van der Waals surface area contributed by atoms with Crippen LogP contribution in [0.2, 0.25) is 0 Å². The summed E-state index contributed by atoms with van der Waals surface area (Å²) in [5.41, 5.74) is 0. The lowest BCUT2D eigenvalue weighted by atomic mass is 10.5. The summed E-state index contributed by atoms with van der Waals surface area (Å²) in [7, 11) is 0. The van der Waals surface area contributed by atoms with E-state index in [0.29, 0.717) is 0 Å². The van der Waals surface area contributed by atoms with Crippen molar-refractivity contribution in [1.82, 2.24) is 0 Å². The molecule has 0 saturated heterocycles. The molecule has 0 saturated carbocycles. The quantitative estimate of drug-likeness (QED) is 0.405. The number of cyclic esters (lactones) is 1. The predicted molar refractivity (Wildman–Crippen MR) is 32.8 cm³/mol. The van der Waals surface area contributed by atoms with Gasteiger partial charge in [-0.3, -0.25) is 0 Å². The number of carbonyl (C=O) groups excluding carboxylic acids is 2. The highest BCUT2D eigenvalue weighted by atomic mass is 16.6. The minimum Gasteiger partial charge on any atom is -0.473 e. The lowest BCUT2D eigenvalue weighted by Gasteiger charge is -1.97. The Morgan fingerprint density at radius 1 is 1.58 bits per heavy atom. The fraction of sp³-hybridized carbons (Fsp3) is 0.167. The molecule has 0 aromatic carbocycles. The van der Waals surface area contributed by atoms with Gasteiger partial charge in [-0.25, -0.2) is 14.4 Å². The average Bonchev–Trinajstić information content (AvgIpc) is 2.35. The van der Waals surface area contributed by atoms with Gasteiger partial charge in [0.05, 0.1) is 6.08 Å². The van der Waals surface area contributed by atoms with Gasteiger partial charge < -0.3 is 14.6 Å². The molecule has 1 rings (SSSR count). The monoisotopic (exact) mass is 172 g/mol. The summed E-state index contributed by atoms with van der Waals surface area (Å²) in [6, 6.07) is 0. The molecule has 0 unspecified atom stereocenters. The van der Waals surface area contributed by atoms with Crippen LogP contribution in [-0.4, -0.2) is 29.6 Å². The van der Waals surface area contributed by atoms with Crippen molar-refractivity contribution in [3.63, 3.8) is 0 Å². The highest BCUT2D eigenvalue weighted by Gasteiger charge is 2.21. The van der Waals surface area contributed by atoms with Gasteiger partial charge in [0.25, 0.3) is 0 Å². The van der Waals surface area contributed by atoms with Crippen LogP contribution in [0.3, 0.4) is 0 Å². The Labute approximate surface area is 66.4 Å². The van der Waals surface area contributed by atoms with Crippen LogP contribution in [0.4, 0.5) is 0 Å². The molecule has 0 amide bonds. The zero-order valence-corrected chi connectivity index (χ0v) is 5.77. The van der Waals surface area contributed by atoms with Gasteiger partial charge in [0.1, 0.15) is 6.61 Å². The van der Waals surface area contributed by atoms with Gasteiger partial charge in [0, 0.05) is 0 Å². The molecule has 6 nitrogen and oxygen atoms in total. The largest absolute Gasteiger partial charge is 0.473 e. The number of hydrogen-bond donors (Lipinski definition) is 1. The SMILES string of the molecule is O=C1C=C(OC(=O)C(=O)O)CO1. The van der Waals surface area contributed by atoms with E-state index >= 15 is 0 Å². The summed E-state index contributed by atoms with van der Waals surface area (Å²) < 4.78 is 8.56. The average molecular weight is 172 g/mol. The van der Waals surface area contributed by atoms with Crippen LogP contribution in [0.15, 0.2) is 11.8 Å². The van der Waals surface area contributed by atoms with E-state index < -0.39 is 17.9 Å². The van der Waals surface area contributed by atoms with E-state index in [1.165, 1.54) is 0 Å². The summed E-state index contributed by atoms with van der Waals surface area (Å²) in [5.74, 6) is -3.88. The number of carboxylic acids is 1. The first kappa shape index (κ1) is 8.25. The van der Waals surface area contributed by atoms with Crippen LogP contribution in [-0.2, 0) is 23.9 Å². The third kappa shape index (κ3) is 1.82. The van der Waals surface area contributed by atoms with E-state index in [-0.39, 0.29) is 12.4 Å². The summed E-state index contributed by atoms with van der Waals surface area (Å²) >= 11 is 0. The molecule has 0 atom stereocenters. The maximum Gasteiger partial charge on any atom is 0.422 e. The van der Waals surface area contributed by atoms with E-state index in [1.807, 2.05) is 0 Å². The molecule has 0 fully saturated rings. The van der Waals surface area contributed by atoms with E-state index in [4.69, 9.17) is 5.11 Å². The standard InChI is InChI=1S/C6H4O6/c7-4-1-3(2-11-4)12-6(10)5(8)9/h1H,2H2,(H,8,9).